The molecule has 0 bridgehead atoms. The normalized spacial score (nSPS) is 24.2. The Bertz CT molecular complexity index is 1100. The number of hydrogen-bond donors (Lipinski definition) is 0. The maximum absolute atomic E-state index is 14.0. The summed E-state index contributed by atoms with van der Waals surface area (Å²) >= 11 is 0. The molecule has 1 atom stereocenters. The van der Waals surface area contributed by atoms with Crippen molar-refractivity contribution in [1.29, 1.82) is 0 Å². The number of fused-ring (bicyclic) bond motifs is 1. The molecule has 0 radical (unpaired) electrons. The van der Waals surface area contributed by atoms with Gasteiger partial charge in [-0.2, -0.15) is 0 Å². The average molecular weight is 441 g/mol. The SMILES string of the molecule is CS(=O)(=O)c1ncc2c(n1)N(C1CCCC1)C1(CCCN(Cc3ccccc3)C1=O)C2. The van der Waals surface area contributed by atoms with E-state index in [2.05, 4.69) is 27.0 Å². The number of hydrogen-bond acceptors (Lipinski definition) is 6. The van der Waals surface area contributed by atoms with Crippen molar-refractivity contribution < 1.29 is 13.2 Å². The van der Waals surface area contributed by atoms with E-state index in [4.69, 9.17) is 0 Å². The van der Waals surface area contributed by atoms with E-state index < -0.39 is 15.4 Å². The Morgan fingerprint density at radius 2 is 1.87 bits per heavy atom. The van der Waals surface area contributed by atoms with Crippen LogP contribution in [0.4, 0.5) is 5.82 Å². The number of carbonyl (C=O) groups is 1. The summed E-state index contributed by atoms with van der Waals surface area (Å²) in [5, 5.41) is -0.157. The van der Waals surface area contributed by atoms with Crippen molar-refractivity contribution in [3.63, 3.8) is 0 Å². The third kappa shape index (κ3) is 3.50. The second kappa shape index (κ2) is 7.58. The van der Waals surface area contributed by atoms with Gasteiger partial charge in [0.15, 0.2) is 0 Å². The minimum atomic E-state index is -3.52. The monoisotopic (exact) mass is 440 g/mol. The molecule has 1 spiro atoms. The number of rotatable bonds is 4. The second-order valence-electron chi connectivity index (χ2n) is 9.11. The number of anilines is 1. The molecule has 7 nitrogen and oxygen atoms in total. The van der Waals surface area contributed by atoms with Crippen molar-refractivity contribution >= 4 is 21.6 Å². The summed E-state index contributed by atoms with van der Waals surface area (Å²) in [6, 6.07) is 10.3. The van der Waals surface area contributed by atoms with E-state index in [1.54, 1.807) is 6.20 Å². The first kappa shape index (κ1) is 20.4. The van der Waals surface area contributed by atoms with Gasteiger partial charge in [-0.25, -0.2) is 18.4 Å². The van der Waals surface area contributed by atoms with Crippen LogP contribution in [-0.2, 0) is 27.6 Å². The van der Waals surface area contributed by atoms with Crippen molar-refractivity contribution in [2.45, 2.75) is 68.2 Å². The van der Waals surface area contributed by atoms with Crippen LogP contribution < -0.4 is 4.90 Å². The van der Waals surface area contributed by atoms with Gasteiger partial charge in [-0.05, 0) is 31.2 Å². The van der Waals surface area contributed by atoms with Crippen molar-refractivity contribution in [3.05, 3.63) is 47.7 Å². The standard InChI is InChI=1S/C23H28N4O3S/c1-31(29,30)22-24-15-18-14-23(27(20(18)25-22)19-10-5-6-11-19)12-7-13-26(21(23)28)16-17-8-3-2-4-9-17/h2-4,8-9,15,19H,5-7,10-14,16H2,1H3. The number of amides is 1. The summed E-state index contributed by atoms with van der Waals surface area (Å²) in [7, 11) is -3.52. The van der Waals surface area contributed by atoms with Gasteiger partial charge in [0, 0.05) is 43.6 Å². The Hall–Kier alpha value is -2.48. The van der Waals surface area contributed by atoms with Gasteiger partial charge in [-0.3, -0.25) is 4.79 Å². The molecule has 31 heavy (non-hydrogen) atoms. The summed E-state index contributed by atoms with van der Waals surface area (Å²) in [5.74, 6) is 0.783. The first-order chi connectivity index (χ1) is 14.9. The highest BCUT2D eigenvalue weighted by Gasteiger charge is 2.56. The summed E-state index contributed by atoms with van der Waals surface area (Å²) in [4.78, 5) is 26.8. The molecule has 1 amide bonds. The van der Waals surface area contributed by atoms with E-state index in [1.807, 2.05) is 23.1 Å². The van der Waals surface area contributed by atoms with Crippen LogP contribution in [-0.4, -0.2) is 53.6 Å². The van der Waals surface area contributed by atoms with Crippen molar-refractivity contribution in [1.82, 2.24) is 14.9 Å². The van der Waals surface area contributed by atoms with E-state index in [0.29, 0.717) is 18.8 Å². The van der Waals surface area contributed by atoms with Crippen LogP contribution in [0.15, 0.2) is 41.7 Å². The molecule has 5 rings (SSSR count). The minimum Gasteiger partial charge on any atom is -0.338 e. The first-order valence-electron chi connectivity index (χ1n) is 11.1. The van der Waals surface area contributed by atoms with Gasteiger partial charge in [-0.15, -0.1) is 0 Å². The Morgan fingerprint density at radius 3 is 2.58 bits per heavy atom. The van der Waals surface area contributed by atoms with E-state index >= 15 is 0 Å². The van der Waals surface area contributed by atoms with Crippen LogP contribution >= 0.6 is 0 Å². The zero-order valence-corrected chi connectivity index (χ0v) is 18.6. The first-order valence-corrected chi connectivity index (χ1v) is 13.0. The highest BCUT2D eigenvalue weighted by Crippen LogP contribution is 2.47. The zero-order valence-electron chi connectivity index (χ0n) is 17.8. The van der Waals surface area contributed by atoms with E-state index in [0.717, 1.165) is 62.5 Å². The fourth-order valence-corrected chi connectivity index (χ4v) is 6.09. The fourth-order valence-electron chi connectivity index (χ4n) is 5.59. The number of piperidine rings is 1. The average Bonchev–Trinajstić information content (AvgIpc) is 3.37. The van der Waals surface area contributed by atoms with Gasteiger partial charge >= 0.3 is 0 Å². The van der Waals surface area contributed by atoms with Crippen LogP contribution in [0.5, 0.6) is 0 Å². The third-order valence-corrected chi connectivity index (χ3v) is 7.79. The summed E-state index contributed by atoms with van der Waals surface area (Å²) in [5.41, 5.74) is 1.32. The molecule has 1 unspecified atom stereocenters. The molecule has 164 valence electrons. The van der Waals surface area contributed by atoms with Gasteiger partial charge in [0.25, 0.3) is 0 Å². The van der Waals surface area contributed by atoms with E-state index in [-0.39, 0.29) is 17.1 Å². The van der Waals surface area contributed by atoms with Gasteiger partial charge in [-0.1, -0.05) is 43.2 Å². The predicted molar refractivity (Wildman–Crippen MR) is 117 cm³/mol. The number of benzene rings is 1. The molecule has 1 aliphatic carbocycles. The zero-order chi connectivity index (χ0) is 21.6. The van der Waals surface area contributed by atoms with Crippen molar-refractivity contribution in [2.75, 3.05) is 17.7 Å². The summed E-state index contributed by atoms with van der Waals surface area (Å²) in [6.45, 7) is 1.33. The molecule has 1 saturated heterocycles. The predicted octanol–water partition coefficient (Wildman–Crippen LogP) is 2.75. The molecule has 0 N–H and O–H groups in total. The third-order valence-electron chi connectivity index (χ3n) is 6.93. The lowest BCUT2D eigenvalue weighted by molar-refractivity contribution is -0.141. The smallest absolute Gasteiger partial charge is 0.249 e. The number of nitrogens with zero attached hydrogens (tertiary/aromatic N) is 4. The van der Waals surface area contributed by atoms with E-state index in [1.165, 1.54) is 0 Å². The van der Waals surface area contributed by atoms with Crippen LogP contribution in [0.2, 0.25) is 0 Å². The van der Waals surface area contributed by atoms with Gasteiger partial charge in [0.05, 0.1) is 0 Å². The quantitative estimate of drug-likeness (QED) is 0.680. The molecule has 2 fully saturated rings. The van der Waals surface area contributed by atoms with E-state index in [9.17, 15) is 13.2 Å². The molecular formula is C23H28N4O3S. The second-order valence-corrected chi connectivity index (χ2v) is 11.0. The Labute approximate surface area is 183 Å². The topological polar surface area (TPSA) is 83.5 Å². The van der Waals surface area contributed by atoms with Gasteiger partial charge in [0.1, 0.15) is 11.4 Å². The Kier molecular flexibility index (Phi) is 5.00. The largest absolute Gasteiger partial charge is 0.338 e. The number of likely N-dealkylation sites (tertiary alicyclic amines) is 1. The van der Waals surface area contributed by atoms with Crippen LogP contribution in [0, 0.1) is 0 Å². The molecular weight excluding hydrogens is 412 g/mol. The Balaban J connectivity index is 1.55. The molecule has 3 heterocycles. The number of sulfone groups is 1. The molecule has 2 aromatic rings. The van der Waals surface area contributed by atoms with Gasteiger partial charge < -0.3 is 9.80 Å². The molecule has 1 saturated carbocycles. The lowest BCUT2D eigenvalue weighted by Gasteiger charge is -2.47. The highest BCUT2D eigenvalue weighted by molar-refractivity contribution is 7.90. The molecule has 3 aliphatic rings. The molecule has 1 aromatic carbocycles. The van der Waals surface area contributed by atoms with Crippen molar-refractivity contribution in [2.24, 2.45) is 0 Å². The number of carbonyl (C=O) groups excluding carboxylic acids is 1. The number of aromatic nitrogens is 2. The van der Waals surface area contributed by atoms with Crippen LogP contribution in [0.3, 0.4) is 0 Å². The summed E-state index contributed by atoms with van der Waals surface area (Å²) < 4.78 is 24.3. The van der Waals surface area contributed by atoms with Crippen LogP contribution in [0.1, 0.15) is 49.7 Å². The fraction of sp³-hybridized carbons (Fsp3) is 0.522. The maximum atomic E-state index is 14.0. The summed E-state index contributed by atoms with van der Waals surface area (Å²) in [6.07, 6.45) is 9.24. The van der Waals surface area contributed by atoms with Crippen LogP contribution in [0.25, 0.3) is 0 Å². The molecule has 8 heteroatoms. The lowest BCUT2D eigenvalue weighted by Crippen LogP contribution is -2.63. The maximum Gasteiger partial charge on any atom is 0.249 e. The van der Waals surface area contributed by atoms with Crippen molar-refractivity contribution in [3.8, 4) is 0 Å². The lowest BCUT2D eigenvalue weighted by atomic mass is 9.83. The molecule has 1 aromatic heterocycles. The Morgan fingerprint density at radius 1 is 1.13 bits per heavy atom. The van der Waals surface area contributed by atoms with Gasteiger partial charge in [0.2, 0.25) is 20.9 Å². The molecule has 2 aliphatic heterocycles. The minimum absolute atomic E-state index is 0.133. The highest BCUT2D eigenvalue weighted by atomic mass is 32.2.